The van der Waals surface area contributed by atoms with Gasteiger partial charge in [-0.25, -0.2) is 4.99 Å². The molecule has 266 valence electrons. The number of nitrogens with zero attached hydrogens (tertiary/aromatic N) is 4. The van der Waals surface area contributed by atoms with Gasteiger partial charge in [0.15, 0.2) is 5.84 Å². The van der Waals surface area contributed by atoms with E-state index in [0.717, 1.165) is 33.7 Å². The summed E-state index contributed by atoms with van der Waals surface area (Å²) < 4.78 is 4.85. The normalized spacial score (nSPS) is 14.3. The van der Waals surface area contributed by atoms with Crippen LogP contribution in [0.2, 0.25) is 0 Å². The van der Waals surface area contributed by atoms with Crippen LogP contribution in [0.15, 0.2) is 174 Å². The zero-order valence-electron chi connectivity index (χ0n) is 31.9. The van der Waals surface area contributed by atoms with Gasteiger partial charge in [0.1, 0.15) is 5.84 Å². The van der Waals surface area contributed by atoms with Crippen LogP contribution in [-0.2, 0) is 11.0 Å². The summed E-state index contributed by atoms with van der Waals surface area (Å²) in [6.07, 6.45) is 0. The van der Waals surface area contributed by atoms with Gasteiger partial charge in [0.05, 0.1) is 27.6 Å². The molecule has 1 aliphatic carbocycles. The van der Waals surface area contributed by atoms with Crippen molar-refractivity contribution in [3.8, 4) is 16.8 Å². The molecule has 0 atom stereocenters. The van der Waals surface area contributed by atoms with Crippen LogP contribution in [0.4, 0.5) is 0 Å². The highest BCUT2D eigenvalue weighted by Gasteiger charge is 2.36. The first-order valence-electron chi connectivity index (χ1n) is 19.2. The third-order valence-corrected chi connectivity index (χ3v) is 11.8. The monoisotopic (exact) mass is 710 g/mol. The Morgan fingerprint density at radius 1 is 0.545 bits per heavy atom. The lowest BCUT2D eigenvalue weighted by atomic mass is 9.82. The lowest BCUT2D eigenvalue weighted by Gasteiger charge is -2.22. The average Bonchev–Trinajstić information content (AvgIpc) is 3.81. The molecule has 0 amide bonds. The molecule has 4 heteroatoms. The SMILES string of the molecule is CC(=NC(=NC(C)(C)c1ccccc1)c1ccccc1)n1c2cc3c(cc2c2ccc4c5ccccc5n(-c5ccccc5)c4c21)-c1ccccc1C3(C)C. The summed E-state index contributed by atoms with van der Waals surface area (Å²) in [5, 5.41) is 4.85. The highest BCUT2D eigenvalue weighted by atomic mass is 15.1. The van der Waals surface area contributed by atoms with E-state index < -0.39 is 5.54 Å². The van der Waals surface area contributed by atoms with Gasteiger partial charge in [0.25, 0.3) is 0 Å². The van der Waals surface area contributed by atoms with E-state index in [1.165, 1.54) is 54.8 Å². The van der Waals surface area contributed by atoms with Gasteiger partial charge < -0.3 is 4.57 Å². The molecule has 4 nitrogen and oxygen atoms in total. The number of aliphatic imine (C=N–C) groups is 2. The predicted octanol–water partition coefficient (Wildman–Crippen LogP) is 12.8. The largest absolute Gasteiger partial charge is 0.307 e. The topological polar surface area (TPSA) is 34.6 Å². The Balaban J connectivity index is 1.35. The summed E-state index contributed by atoms with van der Waals surface area (Å²) in [5.74, 6) is 1.56. The number of rotatable bonds is 4. The Morgan fingerprint density at radius 3 is 1.91 bits per heavy atom. The van der Waals surface area contributed by atoms with Crippen LogP contribution in [-0.4, -0.2) is 20.8 Å². The van der Waals surface area contributed by atoms with Gasteiger partial charge in [-0.15, -0.1) is 0 Å². The van der Waals surface area contributed by atoms with Crippen LogP contribution in [0.25, 0.3) is 60.4 Å². The van der Waals surface area contributed by atoms with Crippen molar-refractivity contribution < 1.29 is 0 Å². The van der Waals surface area contributed by atoms with Crippen molar-refractivity contribution in [2.45, 2.75) is 45.6 Å². The van der Waals surface area contributed by atoms with Gasteiger partial charge in [0, 0.05) is 38.2 Å². The van der Waals surface area contributed by atoms with E-state index in [2.05, 4.69) is 201 Å². The smallest absolute Gasteiger partial charge is 0.157 e. The Labute approximate surface area is 321 Å². The van der Waals surface area contributed by atoms with Gasteiger partial charge in [0.2, 0.25) is 0 Å². The maximum atomic E-state index is 5.55. The van der Waals surface area contributed by atoms with E-state index >= 15 is 0 Å². The molecule has 2 aromatic heterocycles. The highest BCUT2D eigenvalue weighted by Crippen LogP contribution is 2.51. The van der Waals surface area contributed by atoms with Crippen LogP contribution in [0.1, 0.15) is 56.9 Å². The number of amidine groups is 1. The number of para-hydroxylation sites is 2. The zero-order valence-corrected chi connectivity index (χ0v) is 31.9. The fourth-order valence-electron chi connectivity index (χ4n) is 9.04. The van der Waals surface area contributed by atoms with Crippen molar-refractivity contribution in [3.63, 3.8) is 0 Å². The van der Waals surface area contributed by atoms with Crippen LogP contribution in [0.3, 0.4) is 0 Å². The van der Waals surface area contributed by atoms with E-state index in [1.54, 1.807) is 0 Å². The number of hydrogen-bond acceptors (Lipinski definition) is 1. The number of aromatic nitrogens is 2. The molecule has 1 aliphatic rings. The Morgan fingerprint density at radius 2 is 1.16 bits per heavy atom. The minimum absolute atomic E-state index is 0.156. The van der Waals surface area contributed by atoms with Gasteiger partial charge >= 0.3 is 0 Å². The molecule has 0 spiro atoms. The molecule has 0 unspecified atom stereocenters. The molecule has 0 saturated carbocycles. The fraction of sp³-hybridized carbons (Fsp3) is 0.137. The molecule has 0 saturated heterocycles. The maximum absolute atomic E-state index is 5.55. The van der Waals surface area contributed by atoms with E-state index in [-0.39, 0.29) is 5.41 Å². The minimum atomic E-state index is -0.513. The summed E-state index contributed by atoms with van der Waals surface area (Å²) in [5.41, 5.74) is 12.5. The van der Waals surface area contributed by atoms with Crippen molar-refractivity contribution in [1.29, 1.82) is 0 Å². The standard InChI is InChI=1S/C51H42N4/c1-33(52-49(34-19-9-6-10-20-34)53-51(4,5)35-21-11-7-12-22-35)54-46-32-44-41(37-25-15-17-27-43(37)50(44,2)3)31-42(46)40-30-29-39-38-26-16-18-28-45(38)55(48(39)47(40)54)36-23-13-8-14-24-36/h6-32H,1-5H3. The molecule has 10 rings (SSSR count). The summed E-state index contributed by atoms with van der Waals surface area (Å²) in [7, 11) is 0. The van der Waals surface area contributed by atoms with Crippen molar-refractivity contribution in [2.75, 3.05) is 0 Å². The fourth-order valence-corrected chi connectivity index (χ4v) is 9.04. The third kappa shape index (κ3) is 5.05. The molecule has 0 aliphatic heterocycles. The summed E-state index contributed by atoms with van der Waals surface area (Å²) in [6.45, 7) is 11.2. The molecule has 2 heterocycles. The predicted molar refractivity (Wildman–Crippen MR) is 232 cm³/mol. The van der Waals surface area contributed by atoms with Gasteiger partial charge in [-0.05, 0) is 78.9 Å². The van der Waals surface area contributed by atoms with Crippen LogP contribution >= 0.6 is 0 Å². The van der Waals surface area contributed by atoms with Gasteiger partial charge in [-0.1, -0.05) is 147 Å². The van der Waals surface area contributed by atoms with Crippen molar-refractivity contribution in [1.82, 2.24) is 9.13 Å². The van der Waals surface area contributed by atoms with E-state index in [1.807, 2.05) is 6.07 Å². The Hall–Kier alpha value is -6.52. The zero-order chi connectivity index (χ0) is 37.5. The second-order valence-electron chi connectivity index (χ2n) is 15.9. The first kappa shape index (κ1) is 33.1. The quantitative estimate of drug-likeness (QED) is 0.129. The maximum Gasteiger partial charge on any atom is 0.157 e. The molecular formula is C51H42N4. The minimum Gasteiger partial charge on any atom is -0.307 e. The molecule has 55 heavy (non-hydrogen) atoms. The van der Waals surface area contributed by atoms with E-state index in [0.29, 0.717) is 5.84 Å². The van der Waals surface area contributed by atoms with Crippen molar-refractivity contribution in [3.05, 3.63) is 186 Å². The first-order chi connectivity index (χ1) is 26.7. The second kappa shape index (κ2) is 12.3. The van der Waals surface area contributed by atoms with Crippen molar-refractivity contribution in [2.24, 2.45) is 9.98 Å². The number of hydrogen-bond donors (Lipinski definition) is 0. The van der Waals surface area contributed by atoms with Crippen LogP contribution in [0, 0.1) is 0 Å². The summed E-state index contributed by atoms with van der Waals surface area (Å²) in [6, 6.07) is 58.9. The first-order valence-corrected chi connectivity index (χ1v) is 19.2. The van der Waals surface area contributed by atoms with Gasteiger partial charge in [-0.2, -0.15) is 0 Å². The van der Waals surface area contributed by atoms with Crippen LogP contribution < -0.4 is 0 Å². The molecule has 0 fully saturated rings. The van der Waals surface area contributed by atoms with Gasteiger partial charge in [-0.3, -0.25) is 9.56 Å². The van der Waals surface area contributed by atoms with E-state index in [9.17, 15) is 0 Å². The summed E-state index contributed by atoms with van der Waals surface area (Å²) >= 11 is 0. The molecule has 0 radical (unpaired) electrons. The lowest BCUT2D eigenvalue weighted by molar-refractivity contribution is 0.558. The van der Waals surface area contributed by atoms with Crippen LogP contribution in [0.5, 0.6) is 0 Å². The van der Waals surface area contributed by atoms with E-state index in [4.69, 9.17) is 9.98 Å². The Bertz CT molecular complexity index is 3010. The molecule has 0 bridgehead atoms. The second-order valence-corrected chi connectivity index (χ2v) is 15.9. The molecular weight excluding hydrogens is 669 g/mol. The molecule has 0 N–H and O–H groups in total. The molecule has 7 aromatic carbocycles. The summed E-state index contributed by atoms with van der Waals surface area (Å²) in [4.78, 5) is 11.0. The molecule has 9 aromatic rings. The highest BCUT2D eigenvalue weighted by molar-refractivity contribution is 6.27. The third-order valence-electron chi connectivity index (χ3n) is 11.8. The average molecular weight is 711 g/mol. The van der Waals surface area contributed by atoms with Crippen molar-refractivity contribution >= 4 is 55.3 Å². The number of benzene rings is 7. The Kier molecular flexibility index (Phi) is 7.37. The number of fused-ring (bicyclic) bond motifs is 10. The lowest BCUT2D eigenvalue weighted by Crippen LogP contribution is -2.19.